The fourth-order valence-corrected chi connectivity index (χ4v) is 2.14. The predicted octanol–water partition coefficient (Wildman–Crippen LogP) is 2.90. The minimum Gasteiger partial charge on any atom is -0.484 e. The summed E-state index contributed by atoms with van der Waals surface area (Å²) < 4.78 is 10.8. The van der Waals surface area contributed by atoms with Crippen LogP contribution in [0.15, 0.2) is 48.5 Å². The average Bonchev–Trinajstić information content (AvgIpc) is 2.66. The van der Waals surface area contributed by atoms with Crippen LogP contribution in [-0.2, 0) is 16.0 Å². The molecule has 0 aliphatic rings. The smallest absolute Gasteiger partial charge is 0.279 e. The number of carbonyl (C=O) groups is 2. The van der Waals surface area contributed by atoms with E-state index >= 15 is 0 Å². The first kappa shape index (κ1) is 19.6. The summed E-state index contributed by atoms with van der Waals surface area (Å²) in [6.45, 7) is 3.42. The summed E-state index contributed by atoms with van der Waals surface area (Å²) in [4.78, 5) is 23.7. The normalized spacial score (nSPS) is 11.3. The lowest BCUT2D eigenvalue weighted by Gasteiger charge is -2.15. The molecular weight excluding hydrogens is 356 g/mol. The van der Waals surface area contributed by atoms with Crippen LogP contribution in [0.1, 0.15) is 19.4 Å². The Morgan fingerprint density at radius 2 is 1.62 bits per heavy atom. The lowest BCUT2D eigenvalue weighted by molar-refractivity contribution is -0.133. The second-order valence-electron chi connectivity index (χ2n) is 5.54. The van der Waals surface area contributed by atoms with Crippen molar-refractivity contribution in [3.05, 3.63) is 59.1 Å². The number of ether oxygens (including phenoxy) is 2. The largest absolute Gasteiger partial charge is 0.484 e. The third-order valence-corrected chi connectivity index (χ3v) is 3.77. The van der Waals surface area contributed by atoms with Gasteiger partial charge in [0.2, 0.25) is 0 Å². The van der Waals surface area contributed by atoms with Crippen LogP contribution in [0.5, 0.6) is 11.5 Å². The van der Waals surface area contributed by atoms with Crippen molar-refractivity contribution in [2.75, 3.05) is 6.61 Å². The highest BCUT2D eigenvalue weighted by Gasteiger charge is 2.15. The molecule has 0 saturated heterocycles. The van der Waals surface area contributed by atoms with E-state index < -0.39 is 17.9 Å². The van der Waals surface area contributed by atoms with E-state index in [9.17, 15) is 9.59 Å². The Morgan fingerprint density at radius 3 is 2.23 bits per heavy atom. The second-order valence-corrected chi connectivity index (χ2v) is 5.97. The SMILES string of the molecule is CCc1ccc(OCC(=O)NNC(=O)C(C)Oc2ccc(Cl)cc2)cc1. The van der Waals surface area contributed by atoms with Gasteiger partial charge in [0.25, 0.3) is 11.8 Å². The highest BCUT2D eigenvalue weighted by atomic mass is 35.5. The number of benzene rings is 2. The van der Waals surface area contributed by atoms with Gasteiger partial charge in [-0.2, -0.15) is 0 Å². The van der Waals surface area contributed by atoms with Crippen LogP contribution < -0.4 is 20.3 Å². The minimum absolute atomic E-state index is 0.210. The molecule has 2 amide bonds. The summed E-state index contributed by atoms with van der Waals surface area (Å²) >= 11 is 5.79. The van der Waals surface area contributed by atoms with Gasteiger partial charge < -0.3 is 9.47 Å². The molecule has 1 atom stereocenters. The van der Waals surface area contributed by atoms with E-state index in [-0.39, 0.29) is 6.61 Å². The van der Waals surface area contributed by atoms with Gasteiger partial charge >= 0.3 is 0 Å². The zero-order valence-corrected chi connectivity index (χ0v) is 15.4. The first-order valence-corrected chi connectivity index (χ1v) is 8.58. The minimum atomic E-state index is -0.793. The maximum Gasteiger partial charge on any atom is 0.279 e. The summed E-state index contributed by atoms with van der Waals surface area (Å²) in [6, 6.07) is 14.1. The maximum atomic E-state index is 11.9. The molecule has 2 rings (SSSR count). The van der Waals surface area contributed by atoms with E-state index in [1.807, 2.05) is 12.1 Å². The van der Waals surface area contributed by atoms with Crippen molar-refractivity contribution >= 4 is 23.4 Å². The van der Waals surface area contributed by atoms with Crippen molar-refractivity contribution in [3.8, 4) is 11.5 Å². The Labute approximate surface area is 157 Å². The van der Waals surface area contributed by atoms with Gasteiger partial charge in [-0.1, -0.05) is 30.7 Å². The number of hydrogen-bond acceptors (Lipinski definition) is 4. The number of halogens is 1. The molecule has 0 aliphatic carbocycles. The highest BCUT2D eigenvalue weighted by molar-refractivity contribution is 6.30. The second kappa shape index (κ2) is 9.68. The molecule has 0 saturated carbocycles. The van der Waals surface area contributed by atoms with E-state index in [1.165, 1.54) is 5.56 Å². The third-order valence-electron chi connectivity index (χ3n) is 3.52. The third kappa shape index (κ3) is 6.29. The van der Waals surface area contributed by atoms with Crippen molar-refractivity contribution in [2.24, 2.45) is 0 Å². The van der Waals surface area contributed by atoms with Crippen LogP contribution in [0.25, 0.3) is 0 Å². The van der Waals surface area contributed by atoms with Gasteiger partial charge in [-0.15, -0.1) is 0 Å². The van der Waals surface area contributed by atoms with E-state index in [0.717, 1.165) is 6.42 Å². The number of rotatable bonds is 7. The molecule has 1 unspecified atom stereocenters. The molecule has 6 nitrogen and oxygen atoms in total. The highest BCUT2D eigenvalue weighted by Crippen LogP contribution is 2.16. The Kier molecular flexibility index (Phi) is 7.29. The molecule has 2 aromatic rings. The monoisotopic (exact) mass is 376 g/mol. The molecule has 0 bridgehead atoms. The van der Waals surface area contributed by atoms with Crippen LogP contribution in [0.4, 0.5) is 0 Å². The molecule has 7 heteroatoms. The molecule has 26 heavy (non-hydrogen) atoms. The molecule has 0 fully saturated rings. The van der Waals surface area contributed by atoms with Crippen molar-refractivity contribution in [1.82, 2.24) is 10.9 Å². The van der Waals surface area contributed by atoms with Crippen molar-refractivity contribution < 1.29 is 19.1 Å². The summed E-state index contributed by atoms with van der Waals surface area (Å²) in [7, 11) is 0. The van der Waals surface area contributed by atoms with Crippen LogP contribution in [0.3, 0.4) is 0 Å². The Balaban J connectivity index is 1.71. The summed E-state index contributed by atoms with van der Waals surface area (Å²) in [5.74, 6) is 0.127. The van der Waals surface area contributed by atoms with Gasteiger partial charge in [-0.05, 0) is 55.3 Å². The molecule has 0 heterocycles. The lowest BCUT2D eigenvalue weighted by Crippen LogP contribution is -2.48. The number of amides is 2. The molecule has 0 spiro atoms. The molecular formula is C19H21ClN2O4. The van der Waals surface area contributed by atoms with Crippen LogP contribution in [0.2, 0.25) is 5.02 Å². The van der Waals surface area contributed by atoms with Crippen LogP contribution >= 0.6 is 11.6 Å². The summed E-state index contributed by atoms with van der Waals surface area (Å²) in [5, 5.41) is 0.575. The van der Waals surface area contributed by atoms with Gasteiger partial charge in [-0.3, -0.25) is 20.4 Å². The molecule has 0 aromatic heterocycles. The zero-order valence-electron chi connectivity index (χ0n) is 14.6. The topological polar surface area (TPSA) is 76.7 Å². The van der Waals surface area contributed by atoms with Crippen molar-refractivity contribution in [3.63, 3.8) is 0 Å². The van der Waals surface area contributed by atoms with Gasteiger partial charge in [0.15, 0.2) is 12.7 Å². The van der Waals surface area contributed by atoms with Gasteiger partial charge in [0.1, 0.15) is 11.5 Å². The molecule has 2 N–H and O–H groups in total. The number of aryl methyl sites for hydroxylation is 1. The van der Waals surface area contributed by atoms with E-state index in [2.05, 4.69) is 17.8 Å². The Bertz CT molecular complexity index is 732. The van der Waals surface area contributed by atoms with Crippen LogP contribution in [0, 0.1) is 0 Å². The standard InChI is InChI=1S/C19H21ClN2O4/c1-3-14-4-8-16(9-5-14)25-12-18(23)21-22-19(24)13(2)26-17-10-6-15(20)7-11-17/h4-11,13H,3,12H2,1-2H3,(H,21,23)(H,22,24). The van der Waals surface area contributed by atoms with E-state index in [1.54, 1.807) is 43.3 Å². The Hall–Kier alpha value is -2.73. The van der Waals surface area contributed by atoms with Gasteiger partial charge in [-0.25, -0.2) is 0 Å². The quantitative estimate of drug-likeness (QED) is 0.728. The molecule has 0 aliphatic heterocycles. The molecule has 0 radical (unpaired) electrons. The van der Waals surface area contributed by atoms with Gasteiger partial charge in [0.05, 0.1) is 0 Å². The number of hydrogen-bond donors (Lipinski definition) is 2. The predicted molar refractivity (Wildman–Crippen MR) is 99.1 cm³/mol. The zero-order chi connectivity index (χ0) is 18.9. The summed E-state index contributed by atoms with van der Waals surface area (Å²) in [6.07, 6.45) is 0.141. The fraction of sp³-hybridized carbons (Fsp3) is 0.263. The number of hydrazine groups is 1. The maximum absolute atomic E-state index is 11.9. The first-order chi connectivity index (χ1) is 12.5. The summed E-state index contributed by atoms with van der Waals surface area (Å²) in [5.41, 5.74) is 5.77. The number of nitrogens with one attached hydrogen (secondary N) is 2. The Morgan fingerprint density at radius 1 is 1.00 bits per heavy atom. The molecule has 2 aromatic carbocycles. The van der Waals surface area contributed by atoms with E-state index in [0.29, 0.717) is 16.5 Å². The molecule has 138 valence electrons. The van der Waals surface area contributed by atoms with Crippen molar-refractivity contribution in [2.45, 2.75) is 26.4 Å². The van der Waals surface area contributed by atoms with Gasteiger partial charge in [0, 0.05) is 5.02 Å². The van der Waals surface area contributed by atoms with E-state index in [4.69, 9.17) is 21.1 Å². The van der Waals surface area contributed by atoms with Crippen molar-refractivity contribution in [1.29, 1.82) is 0 Å². The number of carbonyl (C=O) groups excluding carboxylic acids is 2. The average molecular weight is 377 g/mol. The first-order valence-electron chi connectivity index (χ1n) is 8.20. The fourth-order valence-electron chi connectivity index (χ4n) is 2.01. The van der Waals surface area contributed by atoms with Crippen LogP contribution in [-0.4, -0.2) is 24.5 Å². The lowest BCUT2D eigenvalue weighted by atomic mass is 10.2.